The lowest BCUT2D eigenvalue weighted by Gasteiger charge is -2.19. The summed E-state index contributed by atoms with van der Waals surface area (Å²) in [5.41, 5.74) is 0.829. The van der Waals surface area contributed by atoms with Gasteiger partial charge in [0.05, 0.1) is 0 Å². The predicted molar refractivity (Wildman–Crippen MR) is 66.1 cm³/mol. The number of ether oxygens (including phenoxy) is 1. The number of allylic oxidation sites excluding steroid dienone is 2. The van der Waals surface area contributed by atoms with Crippen LogP contribution in [0.15, 0.2) is 24.3 Å². The largest absolute Gasteiger partial charge is 0.457 e. The summed E-state index contributed by atoms with van der Waals surface area (Å²) < 4.78 is 5.28. The van der Waals surface area contributed by atoms with Gasteiger partial charge in [-0.05, 0) is 52.4 Å². The van der Waals surface area contributed by atoms with E-state index in [1.165, 1.54) is 18.4 Å². The van der Waals surface area contributed by atoms with Gasteiger partial charge >= 0.3 is 5.97 Å². The van der Waals surface area contributed by atoms with E-state index in [9.17, 15) is 4.79 Å². The zero-order chi connectivity index (χ0) is 12.2. The molecule has 0 N–H and O–H groups in total. The molecule has 0 radical (unpaired) electrons. The summed E-state index contributed by atoms with van der Waals surface area (Å²) in [4.78, 5) is 11.6. The van der Waals surface area contributed by atoms with E-state index in [2.05, 4.69) is 6.58 Å². The van der Waals surface area contributed by atoms with Gasteiger partial charge in [0.15, 0.2) is 0 Å². The zero-order valence-corrected chi connectivity index (χ0v) is 10.6. The Kier molecular flexibility index (Phi) is 4.34. The second kappa shape index (κ2) is 5.33. The molecule has 0 aromatic heterocycles. The molecule has 0 heterocycles. The molecule has 1 aliphatic carbocycles. The van der Waals surface area contributed by atoms with Gasteiger partial charge in [0.25, 0.3) is 0 Å². The molecule has 16 heavy (non-hydrogen) atoms. The van der Waals surface area contributed by atoms with Crippen molar-refractivity contribution in [3.8, 4) is 0 Å². The van der Waals surface area contributed by atoms with Gasteiger partial charge in [-0.25, -0.2) is 4.79 Å². The fourth-order valence-electron chi connectivity index (χ4n) is 2.09. The Balaban J connectivity index is 2.61. The van der Waals surface area contributed by atoms with Gasteiger partial charge in [0.1, 0.15) is 5.60 Å². The van der Waals surface area contributed by atoms with E-state index >= 15 is 0 Å². The molecule has 0 amide bonds. The van der Waals surface area contributed by atoms with E-state index in [1.807, 2.05) is 26.8 Å². The first-order valence-electron chi connectivity index (χ1n) is 5.96. The van der Waals surface area contributed by atoms with Crippen LogP contribution in [0.3, 0.4) is 0 Å². The summed E-state index contributed by atoms with van der Waals surface area (Å²) in [6.07, 6.45) is 7.95. The molecule has 0 saturated heterocycles. The molecule has 1 fully saturated rings. The third kappa shape index (κ3) is 4.21. The maximum absolute atomic E-state index is 11.6. The summed E-state index contributed by atoms with van der Waals surface area (Å²) in [5, 5.41) is 0. The molecular weight excluding hydrogens is 200 g/mol. The van der Waals surface area contributed by atoms with Crippen molar-refractivity contribution in [2.45, 2.75) is 52.1 Å². The lowest BCUT2D eigenvalue weighted by atomic mass is 9.99. The molecule has 90 valence electrons. The molecule has 0 aromatic rings. The predicted octanol–water partition coefficient (Wildman–Crippen LogP) is 3.63. The van der Waals surface area contributed by atoms with Gasteiger partial charge in [0.2, 0.25) is 0 Å². The fourth-order valence-corrected chi connectivity index (χ4v) is 2.09. The molecule has 1 unspecified atom stereocenters. The molecule has 1 saturated carbocycles. The summed E-state index contributed by atoms with van der Waals surface area (Å²) in [6.45, 7) is 9.42. The van der Waals surface area contributed by atoms with Gasteiger partial charge in [0, 0.05) is 6.08 Å². The lowest BCUT2D eigenvalue weighted by Crippen LogP contribution is -2.23. The minimum Gasteiger partial charge on any atom is -0.457 e. The average Bonchev–Trinajstić information content (AvgIpc) is 2.50. The van der Waals surface area contributed by atoms with Gasteiger partial charge in [-0.2, -0.15) is 0 Å². The van der Waals surface area contributed by atoms with E-state index in [4.69, 9.17) is 4.74 Å². The standard InChI is InChI=1S/C14H22O2/c1-5-7-11-8-6-9-12(11)10-13(15)16-14(2,3)4/h5,10-11H,1,6-9H2,2-4H3. The highest BCUT2D eigenvalue weighted by Crippen LogP contribution is 2.33. The zero-order valence-electron chi connectivity index (χ0n) is 10.6. The Bertz CT molecular complexity index is 294. The first-order chi connectivity index (χ1) is 7.42. The Morgan fingerprint density at radius 2 is 2.25 bits per heavy atom. The van der Waals surface area contributed by atoms with Gasteiger partial charge in [-0.3, -0.25) is 0 Å². The molecule has 0 spiro atoms. The van der Waals surface area contributed by atoms with Crippen molar-refractivity contribution in [3.05, 3.63) is 24.3 Å². The molecule has 1 atom stereocenters. The summed E-state index contributed by atoms with van der Waals surface area (Å²) >= 11 is 0. The third-order valence-corrected chi connectivity index (χ3v) is 2.70. The smallest absolute Gasteiger partial charge is 0.331 e. The maximum atomic E-state index is 11.6. The lowest BCUT2D eigenvalue weighted by molar-refractivity contribution is -0.148. The minimum absolute atomic E-state index is 0.210. The monoisotopic (exact) mass is 222 g/mol. The average molecular weight is 222 g/mol. The fraction of sp³-hybridized carbons (Fsp3) is 0.643. The number of rotatable bonds is 3. The van der Waals surface area contributed by atoms with Crippen LogP contribution in [0, 0.1) is 5.92 Å². The first kappa shape index (κ1) is 13.0. The maximum Gasteiger partial charge on any atom is 0.331 e. The number of hydrogen-bond donors (Lipinski definition) is 0. The molecule has 0 bridgehead atoms. The topological polar surface area (TPSA) is 26.3 Å². The quantitative estimate of drug-likeness (QED) is 0.414. The van der Waals surface area contributed by atoms with Crippen molar-refractivity contribution >= 4 is 5.97 Å². The Morgan fingerprint density at radius 3 is 2.81 bits per heavy atom. The first-order valence-corrected chi connectivity index (χ1v) is 5.96. The van der Waals surface area contributed by atoms with Gasteiger partial charge in [-0.1, -0.05) is 11.6 Å². The highest BCUT2D eigenvalue weighted by molar-refractivity contribution is 5.83. The van der Waals surface area contributed by atoms with E-state index in [0.717, 1.165) is 12.8 Å². The van der Waals surface area contributed by atoms with Crippen LogP contribution in [0.2, 0.25) is 0 Å². The minimum atomic E-state index is -0.402. The number of esters is 1. The van der Waals surface area contributed by atoms with Crippen molar-refractivity contribution < 1.29 is 9.53 Å². The van der Waals surface area contributed by atoms with Crippen LogP contribution in [-0.4, -0.2) is 11.6 Å². The van der Waals surface area contributed by atoms with Crippen LogP contribution >= 0.6 is 0 Å². The van der Waals surface area contributed by atoms with Crippen LogP contribution in [-0.2, 0) is 9.53 Å². The van der Waals surface area contributed by atoms with Crippen molar-refractivity contribution in [2.24, 2.45) is 5.92 Å². The second-order valence-corrected chi connectivity index (χ2v) is 5.37. The van der Waals surface area contributed by atoms with Crippen LogP contribution in [0.4, 0.5) is 0 Å². The molecule has 0 aliphatic heterocycles. The highest BCUT2D eigenvalue weighted by Gasteiger charge is 2.22. The van der Waals surface area contributed by atoms with Gasteiger partial charge in [-0.15, -0.1) is 6.58 Å². The van der Waals surface area contributed by atoms with E-state index in [1.54, 1.807) is 6.08 Å². The second-order valence-electron chi connectivity index (χ2n) is 5.37. The van der Waals surface area contributed by atoms with Crippen LogP contribution in [0.25, 0.3) is 0 Å². The number of carbonyl (C=O) groups is 1. The number of carbonyl (C=O) groups excluding carboxylic acids is 1. The highest BCUT2D eigenvalue weighted by atomic mass is 16.6. The normalized spacial score (nSPS) is 23.4. The van der Waals surface area contributed by atoms with Crippen molar-refractivity contribution in [1.29, 1.82) is 0 Å². The summed E-state index contributed by atoms with van der Waals surface area (Å²) in [7, 11) is 0. The van der Waals surface area contributed by atoms with Gasteiger partial charge < -0.3 is 4.74 Å². The summed E-state index contributed by atoms with van der Waals surface area (Å²) in [5.74, 6) is 0.295. The third-order valence-electron chi connectivity index (χ3n) is 2.70. The Labute approximate surface area is 98.4 Å². The van der Waals surface area contributed by atoms with Crippen molar-refractivity contribution in [3.63, 3.8) is 0 Å². The Morgan fingerprint density at radius 1 is 1.56 bits per heavy atom. The van der Waals surface area contributed by atoms with Crippen molar-refractivity contribution in [1.82, 2.24) is 0 Å². The molecule has 1 rings (SSSR count). The van der Waals surface area contributed by atoms with E-state index in [-0.39, 0.29) is 5.97 Å². The van der Waals surface area contributed by atoms with E-state index < -0.39 is 5.60 Å². The summed E-state index contributed by atoms with van der Waals surface area (Å²) in [6, 6.07) is 0. The van der Waals surface area contributed by atoms with Crippen LogP contribution < -0.4 is 0 Å². The van der Waals surface area contributed by atoms with E-state index in [0.29, 0.717) is 5.92 Å². The Hall–Kier alpha value is -1.05. The van der Waals surface area contributed by atoms with Crippen molar-refractivity contribution in [2.75, 3.05) is 0 Å². The molecule has 2 heteroatoms. The molecule has 1 aliphatic rings. The molecule has 2 nitrogen and oxygen atoms in total. The SMILES string of the molecule is C=CCC1CCCC1=CC(=O)OC(C)(C)C. The number of hydrogen-bond acceptors (Lipinski definition) is 2. The molecular formula is C14H22O2. The van der Waals surface area contributed by atoms with Crippen LogP contribution in [0.5, 0.6) is 0 Å². The van der Waals surface area contributed by atoms with Crippen LogP contribution in [0.1, 0.15) is 46.5 Å². The molecule has 0 aromatic carbocycles.